The Morgan fingerprint density at radius 2 is 1.26 bits per heavy atom. The molecule has 0 aromatic rings. The Morgan fingerprint density at radius 3 is 1.68 bits per heavy atom. The van der Waals surface area contributed by atoms with Crippen molar-refractivity contribution in [3.05, 3.63) is 12.8 Å². The van der Waals surface area contributed by atoms with E-state index in [1.54, 1.807) is 0 Å². The average Bonchev–Trinajstić information content (AvgIpc) is 2.39. The Labute approximate surface area is 113 Å². The molecule has 0 unspecified atom stereocenters. The van der Waals surface area contributed by atoms with Crippen molar-refractivity contribution in [3.63, 3.8) is 0 Å². The van der Waals surface area contributed by atoms with Gasteiger partial charge in [0.25, 0.3) is 0 Å². The number of hydrogen-bond acceptors (Lipinski definition) is 6. The summed E-state index contributed by atoms with van der Waals surface area (Å²) in [5, 5.41) is 8.29. The molecule has 0 aliphatic rings. The molecule has 0 spiro atoms. The van der Waals surface area contributed by atoms with E-state index in [-0.39, 0.29) is 13.2 Å². The minimum absolute atomic E-state index is 0.263. The molecule has 7 nitrogen and oxygen atoms in total. The van der Waals surface area contributed by atoms with Gasteiger partial charge in [0.2, 0.25) is 0 Å². The van der Waals surface area contributed by atoms with Gasteiger partial charge in [-0.05, 0) is 0 Å². The van der Waals surface area contributed by atoms with E-state index in [0.29, 0.717) is 46.2 Å². The molecule has 0 amide bonds. The Morgan fingerprint density at radius 1 is 0.842 bits per heavy atom. The molecular formula is C12H22O7. The summed E-state index contributed by atoms with van der Waals surface area (Å²) in [6.07, 6.45) is 1.37. The molecule has 1 N–H and O–H groups in total. The largest absolute Gasteiger partial charge is 0.499 e. The first-order valence-electron chi connectivity index (χ1n) is 6.02. The highest BCUT2D eigenvalue weighted by molar-refractivity contribution is 5.67. The van der Waals surface area contributed by atoms with Crippen molar-refractivity contribution < 1.29 is 33.6 Å². The summed E-state index contributed by atoms with van der Waals surface area (Å²) in [4.78, 5) is 10.1. The fourth-order valence-corrected chi connectivity index (χ4v) is 1.01. The van der Waals surface area contributed by atoms with E-state index in [2.05, 4.69) is 6.58 Å². The molecule has 0 radical (unpaired) electrons. The van der Waals surface area contributed by atoms with Crippen LogP contribution in [0, 0.1) is 0 Å². The molecule has 0 bridgehead atoms. The average molecular weight is 278 g/mol. The van der Waals surface area contributed by atoms with Crippen LogP contribution in [0.25, 0.3) is 0 Å². The van der Waals surface area contributed by atoms with Gasteiger partial charge >= 0.3 is 5.97 Å². The van der Waals surface area contributed by atoms with Crippen molar-refractivity contribution in [1.29, 1.82) is 0 Å². The molecule has 0 rings (SSSR count). The van der Waals surface area contributed by atoms with Crippen LogP contribution >= 0.6 is 0 Å². The third-order valence-corrected chi connectivity index (χ3v) is 1.80. The summed E-state index contributed by atoms with van der Waals surface area (Å²) in [6.45, 7) is 6.62. The third-order valence-electron chi connectivity index (χ3n) is 1.80. The van der Waals surface area contributed by atoms with Crippen molar-refractivity contribution in [2.24, 2.45) is 0 Å². The number of carboxylic acid groups (broad SMARTS) is 1. The Bertz CT molecular complexity index is 220. The van der Waals surface area contributed by atoms with Gasteiger partial charge in [-0.3, -0.25) is 0 Å². The van der Waals surface area contributed by atoms with Crippen LogP contribution in [0.2, 0.25) is 0 Å². The lowest BCUT2D eigenvalue weighted by Crippen LogP contribution is -2.14. The van der Waals surface area contributed by atoms with Gasteiger partial charge in [0.1, 0.15) is 13.2 Å². The first-order chi connectivity index (χ1) is 9.27. The molecule has 0 saturated heterocycles. The maximum absolute atomic E-state index is 10.1. The maximum atomic E-state index is 10.1. The second-order valence-electron chi connectivity index (χ2n) is 3.32. The zero-order valence-corrected chi connectivity index (χ0v) is 11.0. The molecule has 112 valence electrons. The van der Waals surface area contributed by atoms with Crippen molar-refractivity contribution in [1.82, 2.24) is 0 Å². The van der Waals surface area contributed by atoms with Gasteiger partial charge in [-0.25, -0.2) is 4.79 Å². The van der Waals surface area contributed by atoms with Gasteiger partial charge < -0.3 is 28.8 Å². The number of carboxylic acids is 1. The molecular weight excluding hydrogens is 256 g/mol. The van der Waals surface area contributed by atoms with Crippen molar-refractivity contribution in [2.75, 3.05) is 59.5 Å². The van der Waals surface area contributed by atoms with Gasteiger partial charge in [-0.2, -0.15) is 0 Å². The van der Waals surface area contributed by atoms with Crippen LogP contribution in [0.3, 0.4) is 0 Å². The first kappa shape index (κ1) is 17.8. The van der Waals surface area contributed by atoms with Crippen LogP contribution in [0.1, 0.15) is 0 Å². The highest BCUT2D eigenvalue weighted by Crippen LogP contribution is 1.83. The lowest BCUT2D eigenvalue weighted by atomic mass is 10.7. The molecule has 7 heteroatoms. The smallest absolute Gasteiger partial charge is 0.329 e. The number of aliphatic carboxylic acids is 1. The van der Waals surface area contributed by atoms with Crippen LogP contribution < -0.4 is 0 Å². The monoisotopic (exact) mass is 278 g/mol. The van der Waals surface area contributed by atoms with E-state index in [4.69, 9.17) is 28.8 Å². The first-order valence-corrected chi connectivity index (χ1v) is 6.02. The van der Waals surface area contributed by atoms with E-state index < -0.39 is 5.97 Å². The summed E-state index contributed by atoms with van der Waals surface area (Å²) < 4.78 is 25.3. The molecule has 0 atom stereocenters. The Kier molecular flexibility index (Phi) is 14.0. The predicted octanol–water partition coefficient (Wildman–Crippen LogP) is 0.298. The number of hydrogen-bond donors (Lipinski definition) is 1. The van der Waals surface area contributed by atoms with Gasteiger partial charge in [-0.15, -0.1) is 0 Å². The SMILES string of the molecule is C=COCCOCCOCCOCCOCC(=O)O. The molecule has 0 saturated carbocycles. The summed E-state index contributed by atoms with van der Waals surface area (Å²) in [5.74, 6) is -0.984. The van der Waals surface area contributed by atoms with E-state index in [9.17, 15) is 4.79 Å². The highest BCUT2D eigenvalue weighted by atomic mass is 16.6. The van der Waals surface area contributed by atoms with Crippen molar-refractivity contribution in [3.8, 4) is 0 Å². The summed E-state index contributed by atoms with van der Waals surface area (Å²) in [6, 6.07) is 0. The highest BCUT2D eigenvalue weighted by Gasteiger charge is 1.96. The quantitative estimate of drug-likeness (QED) is 0.340. The molecule has 0 heterocycles. The lowest BCUT2D eigenvalue weighted by molar-refractivity contribution is -0.142. The standard InChI is InChI=1S/C12H22O7/c1-2-15-3-4-16-5-6-17-7-8-18-9-10-19-11-12(13)14/h2H,1,3-11H2,(H,13,14). The topological polar surface area (TPSA) is 83.5 Å². The van der Waals surface area contributed by atoms with Crippen LogP contribution in [0.15, 0.2) is 12.8 Å². The Balaban J connectivity index is 2.95. The van der Waals surface area contributed by atoms with Crippen LogP contribution in [0.4, 0.5) is 0 Å². The summed E-state index contributed by atoms with van der Waals surface area (Å²) >= 11 is 0. The van der Waals surface area contributed by atoms with E-state index in [1.165, 1.54) is 6.26 Å². The minimum atomic E-state index is -0.984. The number of ether oxygens (including phenoxy) is 5. The molecule has 19 heavy (non-hydrogen) atoms. The lowest BCUT2D eigenvalue weighted by Gasteiger charge is -2.06. The van der Waals surface area contributed by atoms with E-state index in [1.807, 2.05) is 0 Å². The Hall–Kier alpha value is -1.15. The second kappa shape index (κ2) is 14.9. The molecule has 0 aliphatic carbocycles. The molecule has 0 fully saturated rings. The van der Waals surface area contributed by atoms with E-state index >= 15 is 0 Å². The number of rotatable bonds is 15. The molecule has 0 aromatic heterocycles. The zero-order valence-electron chi connectivity index (χ0n) is 11.0. The molecule has 0 aliphatic heterocycles. The minimum Gasteiger partial charge on any atom is -0.499 e. The zero-order chi connectivity index (χ0) is 14.2. The van der Waals surface area contributed by atoms with Gasteiger partial charge in [0.15, 0.2) is 0 Å². The fraction of sp³-hybridized carbons (Fsp3) is 0.750. The number of carbonyl (C=O) groups is 1. The maximum Gasteiger partial charge on any atom is 0.329 e. The fourth-order valence-electron chi connectivity index (χ4n) is 1.01. The van der Waals surface area contributed by atoms with Gasteiger partial charge in [-0.1, -0.05) is 6.58 Å². The van der Waals surface area contributed by atoms with Crippen LogP contribution in [-0.4, -0.2) is 70.5 Å². The summed E-state index contributed by atoms with van der Waals surface area (Å²) in [7, 11) is 0. The van der Waals surface area contributed by atoms with Crippen molar-refractivity contribution in [2.45, 2.75) is 0 Å². The van der Waals surface area contributed by atoms with Gasteiger partial charge in [0, 0.05) is 0 Å². The van der Waals surface area contributed by atoms with E-state index in [0.717, 1.165) is 0 Å². The second-order valence-corrected chi connectivity index (χ2v) is 3.32. The van der Waals surface area contributed by atoms with Crippen LogP contribution in [-0.2, 0) is 28.5 Å². The van der Waals surface area contributed by atoms with Crippen LogP contribution in [0.5, 0.6) is 0 Å². The van der Waals surface area contributed by atoms with Crippen molar-refractivity contribution >= 4 is 5.97 Å². The predicted molar refractivity (Wildman–Crippen MR) is 67.1 cm³/mol. The third kappa shape index (κ3) is 16.9. The summed E-state index contributed by atoms with van der Waals surface area (Å²) in [5.41, 5.74) is 0. The van der Waals surface area contributed by atoms with Gasteiger partial charge in [0.05, 0.1) is 52.5 Å². The normalized spacial score (nSPS) is 10.3. The molecule has 0 aromatic carbocycles.